The fourth-order valence-electron chi connectivity index (χ4n) is 3.13. The van der Waals surface area contributed by atoms with Crippen molar-refractivity contribution in [2.75, 3.05) is 0 Å². The molecule has 0 unspecified atom stereocenters. The van der Waals surface area contributed by atoms with Crippen LogP contribution >= 0.6 is 0 Å². The predicted molar refractivity (Wildman–Crippen MR) is 94.4 cm³/mol. The molecule has 1 amide bonds. The van der Waals surface area contributed by atoms with Crippen LogP contribution in [0.3, 0.4) is 0 Å². The molecule has 0 aliphatic carbocycles. The second-order valence-corrected chi connectivity index (χ2v) is 7.77. The minimum Gasteiger partial charge on any atom is -0.357 e. The second kappa shape index (κ2) is 6.02. The first-order valence-corrected chi connectivity index (χ1v) is 9.46. The average molecular weight is 355 g/mol. The van der Waals surface area contributed by atoms with Crippen LogP contribution in [0.4, 0.5) is 0 Å². The van der Waals surface area contributed by atoms with E-state index in [2.05, 4.69) is 15.0 Å². The van der Waals surface area contributed by atoms with E-state index in [4.69, 9.17) is 0 Å². The van der Waals surface area contributed by atoms with Crippen LogP contribution in [0.5, 0.6) is 0 Å². The zero-order chi connectivity index (χ0) is 17.4. The quantitative estimate of drug-likeness (QED) is 0.668. The van der Waals surface area contributed by atoms with Crippen molar-refractivity contribution in [3.8, 4) is 0 Å². The van der Waals surface area contributed by atoms with E-state index in [1.54, 1.807) is 24.3 Å². The van der Waals surface area contributed by atoms with Gasteiger partial charge in [-0.15, -0.1) is 0 Å². The van der Waals surface area contributed by atoms with Gasteiger partial charge in [-0.1, -0.05) is 36.4 Å². The number of amides is 1. The molecule has 1 aliphatic heterocycles. The Morgan fingerprint density at radius 3 is 2.72 bits per heavy atom. The summed E-state index contributed by atoms with van der Waals surface area (Å²) in [5.74, 6) is -0.336. The van der Waals surface area contributed by atoms with Gasteiger partial charge < -0.3 is 10.3 Å². The molecule has 0 bridgehead atoms. The predicted octanol–water partition coefficient (Wildman–Crippen LogP) is 1.69. The molecule has 3 N–H and O–H groups in total. The summed E-state index contributed by atoms with van der Waals surface area (Å²) in [6, 6.07) is 15.8. The number of nitrogens with one attached hydrogen (secondary N) is 3. The second-order valence-electron chi connectivity index (χ2n) is 6.09. The van der Waals surface area contributed by atoms with E-state index in [9.17, 15) is 13.2 Å². The van der Waals surface area contributed by atoms with Crippen LogP contribution in [-0.2, 0) is 27.8 Å². The molecule has 1 atom stereocenters. The van der Waals surface area contributed by atoms with E-state index >= 15 is 0 Å². The van der Waals surface area contributed by atoms with Crippen LogP contribution in [0.1, 0.15) is 11.3 Å². The molecule has 3 aromatic rings. The lowest BCUT2D eigenvalue weighted by Crippen LogP contribution is -2.50. The topological polar surface area (TPSA) is 91.1 Å². The summed E-state index contributed by atoms with van der Waals surface area (Å²) in [7, 11) is -3.66. The number of rotatable bonds is 3. The number of aromatic nitrogens is 1. The van der Waals surface area contributed by atoms with E-state index in [-0.39, 0.29) is 10.8 Å². The van der Waals surface area contributed by atoms with Crippen LogP contribution < -0.4 is 10.0 Å². The van der Waals surface area contributed by atoms with E-state index in [0.717, 1.165) is 16.6 Å². The lowest BCUT2D eigenvalue weighted by Gasteiger charge is -2.24. The van der Waals surface area contributed by atoms with Crippen molar-refractivity contribution in [2.24, 2.45) is 0 Å². The van der Waals surface area contributed by atoms with Gasteiger partial charge in [-0.05, 0) is 35.6 Å². The maximum Gasteiger partial charge on any atom is 0.241 e. The number of carbonyl (C=O) groups excluding carboxylic acids is 1. The number of carbonyl (C=O) groups is 1. The molecular formula is C18H17N3O3S. The lowest BCUT2D eigenvalue weighted by atomic mass is 10.1. The normalized spacial score (nSPS) is 18.6. The Morgan fingerprint density at radius 1 is 1.12 bits per heavy atom. The van der Waals surface area contributed by atoms with Crippen LogP contribution in [0.25, 0.3) is 10.9 Å². The first kappa shape index (κ1) is 15.9. The summed E-state index contributed by atoms with van der Waals surface area (Å²) in [5, 5.41) is 3.87. The summed E-state index contributed by atoms with van der Waals surface area (Å²) in [6.07, 6.45) is 0.341. The van der Waals surface area contributed by atoms with Crippen LogP contribution in [0, 0.1) is 0 Å². The van der Waals surface area contributed by atoms with Crippen LogP contribution in [-0.4, -0.2) is 25.4 Å². The van der Waals surface area contributed by atoms with E-state index < -0.39 is 16.1 Å². The third-order valence-corrected chi connectivity index (χ3v) is 5.91. The SMILES string of the molecule is O=C(NCc1cc2ccccc2[nH]1)[C@H]1Cc2ccccc2S(=O)(=O)N1. The highest BCUT2D eigenvalue weighted by molar-refractivity contribution is 7.89. The number of hydrogen-bond donors (Lipinski definition) is 3. The van der Waals surface area contributed by atoms with Crippen molar-refractivity contribution in [3.63, 3.8) is 0 Å². The molecule has 25 heavy (non-hydrogen) atoms. The number of H-pyrrole nitrogens is 1. The highest BCUT2D eigenvalue weighted by Gasteiger charge is 2.33. The number of fused-ring (bicyclic) bond motifs is 2. The van der Waals surface area contributed by atoms with E-state index in [1.165, 1.54) is 0 Å². The smallest absolute Gasteiger partial charge is 0.241 e. The number of hydrogen-bond acceptors (Lipinski definition) is 3. The molecule has 128 valence electrons. The van der Waals surface area contributed by atoms with Crippen molar-refractivity contribution in [1.29, 1.82) is 0 Å². The molecule has 6 nitrogen and oxygen atoms in total. The van der Waals surface area contributed by atoms with Gasteiger partial charge in [0.25, 0.3) is 0 Å². The van der Waals surface area contributed by atoms with Gasteiger partial charge in [0.05, 0.1) is 11.4 Å². The summed E-state index contributed by atoms with van der Waals surface area (Å²) < 4.78 is 27.0. The Balaban J connectivity index is 1.48. The minimum absolute atomic E-state index is 0.245. The molecule has 2 heterocycles. The van der Waals surface area contributed by atoms with Crippen molar-refractivity contribution in [2.45, 2.75) is 23.9 Å². The van der Waals surface area contributed by atoms with Gasteiger partial charge in [-0.2, -0.15) is 4.72 Å². The van der Waals surface area contributed by atoms with Crippen molar-refractivity contribution >= 4 is 26.8 Å². The zero-order valence-electron chi connectivity index (χ0n) is 13.3. The molecule has 4 rings (SSSR count). The summed E-state index contributed by atoms with van der Waals surface area (Å²) >= 11 is 0. The Labute approximate surface area is 145 Å². The number of para-hydroxylation sites is 1. The Bertz CT molecular complexity index is 1020. The standard InChI is InChI=1S/C18H17N3O3S/c22-18(19-11-14-9-12-5-1-3-7-15(12)20-14)16-10-13-6-2-4-8-17(13)25(23,24)21-16/h1-9,16,20-21H,10-11H2,(H,19,22)/t16-/m1/s1. The summed E-state index contributed by atoms with van der Waals surface area (Å²) in [6.45, 7) is 0.313. The summed E-state index contributed by atoms with van der Waals surface area (Å²) in [4.78, 5) is 15.9. The Hall–Kier alpha value is -2.64. The molecule has 2 aromatic carbocycles. The van der Waals surface area contributed by atoms with Gasteiger partial charge in [0, 0.05) is 11.2 Å². The number of aromatic amines is 1. The first-order valence-electron chi connectivity index (χ1n) is 7.97. The molecule has 0 spiro atoms. The average Bonchev–Trinajstić information content (AvgIpc) is 3.02. The van der Waals surface area contributed by atoms with E-state index in [0.29, 0.717) is 18.5 Å². The fraction of sp³-hybridized carbons (Fsp3) is 0.167. The van der Waals surface area contributed by atoms with Gasteiger partial charge in [0.1, 0.15) is 6.04 Å². The molecule has 1 aromatic heterocycles. The van der Waals surface area contributed by atoms with Gasteiger partial charge >= 0.3 is 0 Å². The monoisotopic (exact) mass is 355 g/mol. The van der Waals surface area contributed by atoms with Gasteiger partial charge in [-0.3, -0.25) is 4.79 Å². The van der Waals surface area contributed by atoms with Crippen molar-refractivity contribution < 1.29 is 13.2 Å². The highest BCUT2D eigenvalue weighted by atomic mass is 32.2. The van der Waals surface area contributed by atoms with Crippen LogP contribution in [0.15, 0.2) is 59.5 Å². The molecule has 7 heteroatoms. The number of benzene rings is 2. The van der Waals surface area contributed by atoms with E-state index in [1.807, 2.05) is 30.3 Å². The minimum atomic E-state index is -3.66. The van der Waals surface area contributed by atoms with Gasteiger partial charge in [0.2, 0.25) is 15.9 Å². The van der Waals surface area contributed by atoms with Crippen LogP contribution in [0.2, 0.25) is 0 Å². The Kier molecular flexibility index (Phi) is 3.82. The zero-order valence-corrected chi connectivity index (χ0v) is 14.1. The largest absolute Gasteiger partial charge is 0.357 e. The molecular weight excluding hydrogens is 338 g/mol. The molecule has 0 radical (unpaired) electrons. The maximum absolute atomic E-state index is 12.4. The third-order valence-electron chi connectivity index (χ3n) is 4.34. The van der Waals surface area contributed by atoms with Gasteiger partial charge in [0.15, 0.2) is 0 Å². The maximum atomic E-state index is 12.4. The first-order chi connectivity index (χ1) is 12.0. The van der Waals surface area contributed by atoms with Crippen molar-refractivity contribution in [3.05, 3.63) is 65.9 Å². The fourth-order valence-corrected chi connectivity index (χ4v) is 4.57. The molecule has 0 saturated carbocycles. The highest BCUT2D eigenvalue weighted by Crippen LogP contribution is 2.22. The van der Waals surface area contributed by atoms with Gasteiger partial charge in [-0.25, -0.2) is 8.42 Å². The molecule has 0 saturated heterocycles. The third kappa shape index (κ3) is 3.04. The lowest BCUT2D eigenvalue weighted by molar-refractivity contribution is -0.122. The number of sulfonamides is 1. The van der Waals surface area contributed by atoms with Crippen molar-refractivity contribution in [1.82, 2.24) is 15.0 Å². The molecule has 1 aliphatic rings. The Morgan fingerprint density at radius 2 is 1.88 bits per heavy atom. The molecule has 0 fully saturated rings. The summed E-state index contributed by atoms with van der Waals surface area (Å²) in [5.41, 5.74) is 2.53.